The summed E-state index contributed by atoms with van der Waals surface area (Å²) >= 11 is 5.89. The standard InChI is InChI=1S/C12H15ClN4O/c1-7-9-10(16-11(13)14-7)17-12(4-2-3-5-12)6-8(18)15-9/h2-6H2,1H3,(H,15,18)(H,14,16,17). The van der Waals surface area contributed by atoms with Crippen molar-refractivity contribution in [3.05, 3.63) is 11.0 Å². The first-order chi connectivity index (χ1) is 8.58. The number of rotatable bonds is 0. The van der Waals surface area contributed by atoms with E-state index in [9.17, 15) is 4.79 Å². The summed E-state index contributed by atoms with van der Waals surface area (Å²) in [6.07, 6.45) is 4.78. The van der Waals surface area contributed by atoms with Crippen molar-refractivity contribution >= 4 is 29.0 Å². The molecule has 0 radical (unpaired) electrons. The van der Waals surface area contributed by atoms with Gasteiger partial charge in [-0.2, -0.15) is 4.98 Å². The monoisotopic (exact) mass is 266 g/mol. The lowest BCUT2D eigenvalue weighted by atomic mass is 9.93. The third kappa shape index (κ3) is 1.92. The van der Waals surface area contributed by atoms with Crippen LogP contribution in [-0.2, 0) is 4.79 Å². The number of hydrogen-bond acceptors (Lipinski definition) is 4. The van der Waals surface area contributed by atoms with Crippen molar-refractivity contribution in [2.45, 2.75) is 44.6 Å². The molecule has 0 atom stereocenters. The van der Waals surface area contributed by atoms with Gasteiger partial charge >= 0.3 is 0 Å². The maximum atomic E-state index is 12.0. The van der Waals surface area contributed by atoms with E-state index >= 15 is 0 Å². The van der Waals surface area contributed by atoms with Gasteiger partial charge in [0.2, 0.25) is 11.2 Å². The summed E-state index contributed by atoms with van der Waals surface area (Å²) in [6.45, 7) is 1.82. The number of aryl methyl sites for hydroxylation is 1. The molecule has 2 aliphatic rings. The van der Waals surface area contributed by atoms with Crippen LogP contribution in [0.1, 0.15) is 37.8 Å². The molecule has 0 aromatic carbocycles. The zero-order valence-corrected chi connectivity index (χ0v) is 11.0. The van der Waals surface area contributed by atoms with Gasteiger partial charge in [0.15, 0.2) is 5.82 Å². The highest BCUT2D eigenvalue weighted by molar-refractivity contribution is 6.28. The Morgan fingerprint density at radius 2 is 2.00 bits per heavy atom. The van der Waals surface area contributed by atoms with Crippen LogP contribution in [0.4, 0.5) is 11.5 Å². The molecule has 18 heavy (non-hydrogen) atoms. The molecule has 1 spiro atoms. The maximum Gasteiger partial charge on any atom is 0.226 e. The van der Waals surface area contributed by atoms with Gasteiger partial charge < -0.3 is 10.6 Å². The molecular weight excluding hydrogens is 252 g/mol. The number of nitrogens with zero attached hydrogens (tertiary/aromatic N) is 2. The second-order valence-electron chi connectivity index (χ2n) is 5.14. The Balaban J connectivity index is 2.07. The van der Waals surface area contributed by atoms with E-state index in [1.165, 1.54) is 0 Å². The van der Waals surface area contributed by atoms with Crippen LogP contribution in [0.3, 0.4) is 0 Å². The zero-order valence-electron chi connectivity index (χ0n) is 10.2. The average molecular weight is 267 g/mol. The lowest BCUT2D eigenvalue weighted by Crippen LogP contribution is -2.37. The van der Waals surface area contributed by atoms with Gasteiger partial charge in [0, 0.05) is 12.0 Å². The summed E-state index contributed by atoms with van der Waals surface area (Å²) in [6, 6.07) is 0. The number of halogens is 1. The zero-order chi connectivity index (χ0) is 12.8. The van der Waals surface area contributed by atoms with Crippen LogP contribution in [0.2, 0.25) is 5.28 Å². The summed E-state index contributed by atoms with van der Waals surface area (Å²) in [5.41, 5.74) is 1.20. The normalized spacial score (nSPS) is 21.1. The molecule has 1 aromatic rings. The van der Waals surface area contributed by atoms with Gasteiger partial charge in [0.05, 0.1) is 5.69 Å². The van der Waals surface area contributed by atoms with Crippen molar-refractivity contribution < 1.29 is 4.79 Å². The molecule has 96 valence electrons. The summed E-state index contributed by atoms with van der Waals surface area (Å²) < 4.78 is 0. The number of anilines is 2. The number of amides is 1. The lowest BCUT2D eigenvalue weighted by Gasteiger charge is -2.28. The number of carbonyl (C=O) groups is 1. The molecule has 2 heterocycles. The predicted molar refractivity (Wildman–Crippen MR) is 69.8 cm³/mol. The molecule has 0 saturated heterocycles. The Bertz CT molecular complexity index is 511. The topological polar surface area (TPSA) is 66.9 Å². The Kier molecular flexibility index (Phi) is 2.66. The molecular formula is C12H15ClN4O. The van der Waals surface area contributed by atoms with Crippen molar-refractivity contribution in [1.82, 2.24) is 9.97 Å². The molecule has 0 bridgehead atoms. The first-order valence-corrected chi connectivity index (χ1v) is 6.58. The van der Waals surface area contributed by atoms with Crippen LogP contribution in [0, 0.1) is 6.92 Å². The fraction of sp³-hybridized carbons (Fsp3) is 0.583. The molecule has 0 unspecified atom stereocenters. The predicted octanol–water partition coefficient (Wildman–Crippen LogP) is 2.51. The first-order valence-electron chi connectivity index (χ1n) is 6.20. The Morgan fingerprint density at radius 3 is 2.72 bits per heavy atom. The number of fused-ring (bicyclic) bond motifs is 1. The second kappa shape index (κ2) is 4.09. The molecule has 1 aliphatic heterocycles. The molecule has 1 fully saturated rings. The Hall–Kier alpha value is -1.36. The van der Waals surface area contributed by atoms with Crippen molar-refractivity contribution in [3.8, 4) is 0 Å². The van der Waals surface area contributed by atoms with E-state index in [1.807, 2.05) is 6.92 Å². The van der Waals surface area contributed by atoms with Crippen LogP contribution in [0.15, 0.2) is 0 Å². The van der Waals surface area contributed by atoms with Gasteiger partial charge in [-0.15, -0.1) is 0 Å². The van der Waals surface area contributed by atoms with Crippen LogP contribution in [0.25, 0.3) is 0 Å². The molecule has 1 amide bonds. The average Bonchev–Trinajstić information content (AvgIpc) is 2.65. The number of hydrogen-bond donors (Lipinski definition) is 2. The largest absolute Gasteiger partial charge is 0.362 e. The maximum absolute atomic E-state index is 12.0. The number of carbonyl (C=O) groups excluding carboxylic acids is 1. The van der Waals surface area contributed by atoms with Crippen LogP contribution >= 0.6 is 11.6 Å². The summed E-state index contributed by atoms with van der Waals surface area (Å²) in [5, 5.41) is 6.52. The van der Waals surface area contributed by atoms with E-state index in [-0.39, 0.29) is 16.7 Å². The quantitative estimate of drug-likeness (QED) is 0.708. The Morgan fingerprint density at radius 1 is 1.28 bits per heavy atom. The van der Waals surface area contributed by atoms with Gasteiger partial charge in [0.1, 0.15) is 5.69 Å². The molecule has 3 rings (SSSR count). The van der Waals surface area contributed by atoms with E-state index in [0.29, 0.717) is 23.6 Å². The highest BCUT2D eigenvalue weighted by Crippen LogP contribution is 2.40. The molecule has 1 saturated carbocycles. The first kappa shape index (κ1) is 11.7. The highest BCUT2D eigenvalue weighted by Gasteiger charge is 2.39. The van der Waals surface area contributed by atoms with Crippen LogP contribution in [-0.4, -0.2) is 21.4 Å². The van der Waals surface area contributed by atoms with E-state index in [2.05, 4.69) is 20.6 Å². The SMILES string of the molecule is Cc1nc(Cl)nc2c1NC(=O)CC1(CCCC1)N2. The van der Waals surface area contributed by atoms with Gasteiger partial charge in [-0.25, -0.2) is 4.98 Å². The van der Waals surface area contributed by atoms with Crippen molar-refractivity contribution in [2.24, 2.45) is 0 Å². The van der Waals surface area contributed by atoms with Gasteiger partial charge in [0.25, 0.3) is 0 Å². The number of nitrogens with one attached hydrogen (secondary N) is 2. The fourth-order valence-electron chi connectivity index (χ4n) is 2.92. The fourth-order valence-corrected chi connectivity index (χ4v) is 3.13. The molecule has 1 aromatic heterocycles. The highest BCUT2D eigenvalue weighted by atomic mass is 35.5. The third-order valence-electron chi connectivity index (χ3n) is 3.77. The van der Waals surface area contributed by atoms with Gasteiger partial charge in [-0.1, -0.05) is 12.8 Å². The molecule has 5 nitrogen and oxygen atoms in total. The molecule has 2 N–H and O–H groups in total. The van der Waals surface area contributed by atoms with Gasteiger partial charge in [-0.05, 0) is 31.4 Å². The van der Waals surface area contributed by atoms with Crippen molar-refractivity contribution in [1.29, 1.82) is 0 Å². The van der Waals surface area contributed by atoms with E-state index in [0.717, 1.165) is 25.7 Å². The minimum atomic E-state index is -0.153. The number of aromatic nitrogens is 2. The minimum absolute atomic E-state index is 0.0252. The van der Waals surface area contributed by atoms with Crippen molar-refractivity contribution in [3.63, 3.8) is 0 Å². The van der Waals surface area contributed by atoms with Crippen molar-refractivity contribution in [2.75, 3.05) is 10.6 Å². The smallest absolute Gasteiger partial charge is 0.226 e. The summed E-state index contributed by atoms with van der Waals surface area (Å²) in [7, 11) is 0. The Labute approximate surface area is 110 Å². The lowest BCUT2D eigenvalue weighted by molar-refractivity contribution is -0.117. The summed E-state index contributed by atoms with van der Waals surface area (Å²) in [5.74, 6) is 0.678. The third-order valence-corrected chi connectivity index (χ3v) is 3.94. The van der Waals surface area contributed by atoms with Crippen LogP contribution < -0.4 is 10.6 Å². The minimum Gasteiger partial charge on any atom is -0.362 e. The van der Waals surface area contributed by atoms with Crippen LogP contribution in [0.5, 0.6) is 0 Å². The van der Waals surface area contributed by atoms with E-state index < -0.39 is 0 Å². The molecule has 1 aliphatic carbocycles. The summed E-state index contributed by atoms with van der Waals surface area (Å²) in [4.78, 5) is 20.3. The second-order valence-corrected chi connectivity index (χ2v) is 5.48. The van der Waals surface area contributed by atoms with E-state index in [4.69, 9.17) is 11.6 Å². The van der Waals surface area contributed by atoms with E-state index in [1.54, 1.807) is 0 Å². The van der Waals surface area contributed by atoms with Gasteiger partial charge in [-0.3, -0.25) is 4.79 Å². The molecule has 6 heteroatoms.